The van der Waals surface area contributed by atoms with Gasteiger partial charge in [0.2, 0.25) is 10.0 Å². The van der Waals surface area contributed by atoms with Crippen molar-refractivity contribution in [3.05, 3.63) is 43.5 Å². The monoisotopic (exact) mass is 492 g/mol. The first-order valence-electron chi connectivity index (χ1n) is 7.23. The second-order valence-electron chi connectivity index (χ2n) is 5.30. The summed E-state index contributed by atoms with van der Waals surface area (Å²) >= 11 is 7.86. The minimum atomic E-state index is -3.62. The molecule has 24 heavy (non-hydrogen) atoms. The van der Waals surface area contributed by atoms with Gasteiger partial charge in [0.05, 0.1) is 5.69 Å². The third-order valence-electron chi connectivity index (χ3n) is 3.70. The molecular weight excluding hydrogens is 480 g/mol. The van der Waals surface area contributed by atoms with Crippen molar-refractivity contribution < 1.29 is 13.2 Å². The fourth-order valence-corrected chi connectivity index (χ4v) is 6.46. The molecule has 1 aliphatic heterocycles. The lowest BCUT2D eigenvalue weighted by molar-refractivity contribution is 0.102. The van der Waals surface area contributed by atoms with Gasteiger partial charge in [0.1, 0.15) is 9.77 Å². The first-order valence-corrected chi connectivity index (χ1v) is 11.1. The van der Waals surface area contributed by atoms with E-state index in [4.69, 9.17) is 0 Å². The van der Waals surface area contributed by atoms with Crippen LogP contribution >= 0.6 is 43.2 Å². The van der Waals surface area contributed by atoms with Crippen molar-refractivity contribution in [2.75, 3.05) is 18.4 Å². The average Bonchev–Trinajstić information content (AvgIpc) is 3.21. The third-order valence-corrected chi connectivity index (χ3v) is 7.83. The van der Waals surface area contributed by atoms with Gasteiger partial charge in [-0.15, -0.1) is 11.3 Å². The van der Waals surface area contributed by atoms with Crippen LogP contribution in [0.25, 0.3) is 0 Å². The summed E-state index contributed by atoms with van der Waals surface area (Å²) in [6.07, 6.45) is 1.72. The molecule has 1 N–H and O–H groups in total. The number of rotatable bonds is 4. The maximum absolute atomic E-state index is 12.7. The van der Waals surface area contributed by atoms with Crippen LogP contribution < -0.4 is 5.32 Å². The Kier molecular flexibility index (Phi) is 5.45. The van der Waals surface area contributed by atoms with Gasteiger partial charge in [-0.1, -0.05) is 15.9 Å². The smallest absolute Gasteiger partial charge is 0.267 e. The number of thiophene rings is 1. The van der Waals surface area contributed by atoms with Crippen molar-refractivity contribution in [1.29, 1.82) is 0 Å². The van der Waals surface area contributed by atoms with Crippen LogP contribution in [0, 0.1) is 0 Å². The van der Waals surface area contributed by atoms with Gasteiger partial charge in [0, 0.05) is 22.0 Å². The Morgan fingerprint density at radius 1 is 1.17 bits per heavy atom. The van der Waals surface area contributed by atoms with E-state index in [-0.39, 0.29) is 9.77 Å². The van der Waals surface area contributed by atoms with E-state index in [1.54, 1.807) is 17.5 Å². The zero-order valence-electron chi connectivity index (χ0n) is 12.5. The van der Waals surface area contributed by atoms with Crippen LogP contribution in [0.15, 0.2) is 43.5 Å². The highest BCUT2D eigenvalue weighted by atomic mass is 79.9. The minimum absolute atomic E-state index is 0.0835. The van der Waals surface area contributed by atoms with Gasteiger partial charge >= 0.3 is 0 Å². The van der Waals surface area contributed by atoms with Gasteiger partial charge in [-0.25, -0.2) is 8.42 Å². The second-order valence-corrected chi connectivity index (χ2v) is 9.90. The summed E-state index contributed by atoms with van der Waals surface area (Å²) in [7, 11) is -3.62. The predicted octanol–water partition coefficient (Wildman–Crippen LogP) is 4.31. The Hall–Kier alpha value is -0.740. The number of amides is 1. The zero-order chi connectivity index (χ0) is 17.3. The topological polar surface area (TPSA) is 66.5 Å². The lowest BCUT2D eigenvalue weighted by Crippen LogP contribution is -2.29. The Labute approximate surface area is 161 Å². The second kappa shape index (κ2) is 7.25. The lowest BCUT2D eigenvalue weighted by Gasteiger charge is -2.15. The van der Waals surface area contributed by atoms with E-state index in [0.29, 0.717) is 23.2 Å². The quantitative estimate of drug-likeness (QED) is 0.690. The Bertz CT molecular complexity index is 875. The highest BCUT2D eigenvalue weighted by Gasteiger charge is 2.31. The first-order chi connectivity index (χ1) is 11.4. The summed E-state index contributed by atoms with van der Waals surface area (Å²) in [6, 6.07) is 6.86. The van der Waals surface area contributed by atoms with Crippen molar-refractivity contribution in [1.82, 2.24) is 4.31 Å². The van der Waals surface area contributed by atoms with E-state index < -0.39 is 15.9 Å². The molecule has 1 aromatic carbocycles. The van der Waals surface area contributed by atoms with Gasteiger partial charge < -0.3 is 5.32 Å². The molecule has 0 unspecified atom stereocenters. The lowest BCUT2D eigenvalue weighted by atomic mass is 10.3. The number of carbonyl (C=O) groups excluding carboxylic acids is 1. The largest absolute Gasteiger partial charge is 0.320 e. The van der Waals surface area contributed by atoms with E-state index in [0.717, 1.165) is 28.7 Å². The van der Waals surface area contributed by atoms with E-state index in [2.05, 4.69) is 37.2 Å². The average molecular weight is 494 g/mol. The molecule has 2 aromatic rings. The summed E-state index contributed by atoms with van der Waals surface area (Å²) in [6.45, 7) is 1.02. The van der Waals surface area contributed by atoms with Crippen LogP contribution in [0.2, 0.25) is 0 Å². The van der Waals surface area contributed by atoms with Crippen molar-refractivity contribution in [2.45, 2.75) is 17.7 Å². The summed E-state index contributed by atoms with van der Waals surface area (Å²) in [5, 5.41) is 4.40. The van der Waals surface area contributed by atoms with Gasteiger partial charge in [-0.2, -0.15) is 4.31 Å². The van der Waals surface area contributed by atoms with Gasteiger partial charge in [0.25, 0.3) is 5.91 Å². The molecule has 3 rings (SSSR count). The summed E-state index contributed by atoms with van der Waals surface area (Å²) in [5.41, 5.74) is 0.584. The number of nitrogens with zero attached hydrogens (tertiary/aromatic N) is 1. The normalized spacial score (nSPS) is 15.6. The molecule has 1 aliphatic rings. The number of benzene rings is 1. The molecule has 0 atom stereocenters. The van der Waals surface area contributed by atoms with Gasteiger partial charge in [-0.3, -0.25) is 4.79 Å². The highest BCUT2D eigenvalue weighted by Crippen LogP contribution is 2.30. The number of nitrogens with one attached hydrogen (secondary N) is 1. The van der Waals surface area contributed by atoms with E-state index in [9.17, 15) is 13.2 Å². The van der Waals surface area contributed by atoms with E-state index in [1.807, 2.05) is 6.07 Å². The molecule has 9 heteroatoms. The number of carbonyl (C=O) groups is 1. The van der Waals surface area contributed by atoms with Crippen LogP contribution in [0.3, 0.4) is 0 Å². The first kappa shape index (κ1) is 18.1. The Morgan fingerprint density at radius 3 is 2.54 bits per heavy atom. The van der Waals surface area contributed by atoms with Crippen LogP contribution in [0.5, 0.6) is 0 Å². The SMILES string of the molecule is O=C(Nc1ccc(Br)cc1Br)c1sccc1S(=O)(=O)N1CCCC1. The van der Waals surface area contributed by atoms with Gasteiger partial charge in [-0.05, 0) is 58.4 Å². The molecule has 1 amide bonds. The molecular formula is C15H14Br2N2O3S2. The maximum Gasteiger partial charge on any atom is 0.267 e. The highest BCUT2D eigenvalue weighted by molar-refractivity contribution is 9.11. The Balaban J connectivity index is 1.88. The zero-order valence-corrected chi connectivity index (χ0v) is 17.3. The van der Waals surface area contributed by atoms with Crippen molar-refractivity contribution in [2.24, 2.45) is 0 Å². The van der Waals surface area contributed by atoms with Crippen LogP contribution in [0.4, 0.5) is 5.69 Å². The Morgan fingerprint density at radius 2 is 1.88 bits per heavy atom. The fraction of sp³-hybridized carbons (Fsp3) is 0.267. The molecule has 0 radical (unpaired) electrons. The third kappa shape index (κ3) is 3.60. The standard InChI is InChI=1S/C15H14Br2N2O3S2/c16-10-3-4-12(11(17)9-10)18-15(20)14-13(5-8-23-14)24(21,22)19-6-1-2-7-19/h3-5,8-9H,1-2,6-7H2,(H,18,20). The van der Waals surface area contributed by atoms with E-state index >= 15 is 0 Å². The molecule has 0 spiro atoms. The van der Waals surface area contributed by atoms with Crippen molar-refractivity contribution >= 4 is 64.8 Å². The summed E-state index contributed by atoms with van der Waals surface area (Å²) < 4.78 is 28.5. The summed E-state index contributed by atoms with van der Waals surface area (Å²) in [4.78, 5) is 12.9. The van der Waals surface area contributed by atoms with Crippen LogP contribution in [-0.2, 0) is 10.0 Å². The maximum atomic E-state index is 12.7. The fourth-order valence-electron chi connectivity index (χ4n) is 2.50. The molecule has 128 valence electrons. The minimum Gasteiger partial charge on any atom is -0.320 e. The number of anilines is 1. The molecule has 1 aromatic heterocycles. The molecule has 0 aliphatic carbocycles. The molecule has 0 bridgehead atoms. The van der Waals surface area contributed by atoms with Gasteiger partial charge in [0.15, 0.2) is 0 Å². The molecule has 2 heterocycles. The molecule has 1 saturated heterocycles. The molecule has 0 saturated carbocycles. The number of hydrogen-bond donors (Lipinski definition) is 1. The molecule has 5 nitrogen and oxygen atoms in total. The number of halogens is 2. The van der Waals surface area contributed by atoms with Crippen molar-refractivity contribution in [3.8, 4) is 0 Å². The summed E-state index contributed by atoms with van der Waals surface area (Å²) in [5.74, 6) is -0.425. The molecule has 1 fully saturated rings. The van der Waals surface area contributed by atoms with Crippen LogP contribution in [0.1, 0.15) is 22.5 Å². The predicted molar refractivity (Wildman–Crippen MR) is 102 cm³/mol. The van der Waals surface area contributed by atoms with Crippen molar-refractivity contribution in [3.63, 3.8) is 0 Å². The van der Waals surface area contributed by atoms with Crippen LogP contribution in [-0.4, -0.2) is 31.7 Å². The number of hydrogen-bond acceptors (Lipinski definition) is 4. The number of sulfonamides is 1. The van der Waals surface area contributed by atoms with E-state index in [1.165, 1.54) is 10.4 Å².